The van der Waals surface area contributed by atoms with Crippen LogP contribution >= 0.6 is 0 Å². The van der Waals surface area contributed by atoms with E-state index in [0.717, 1.165) is 13.8 Å². The lowest BCUT2D eigenvalue weighted by molar-refractivity contribution is -0.140. The molecule has 0 aliphatic heterocycles. The molecule has 0 unspecified atom stereocenters. The first-order valence-electron chi connectivity index (χ1n) is 3.69. The molecule has 0 amide bonds. The van der Waals surface area contributed by atoms with E-state index in [4.69, 9.17) is 24.9 Å². The first-order chi connectivity index (χ1) is 6.59. The largest absolute Gasteiger partial charge is 0.481 e. The van der Waals surface area contributed by atoms with Gasteiger partial charge in [0.2, 0.25) is 0 Å². The number of rotatable bonds is 2. The van der Waals surface area contributed by atoms with E-state index in [9.17, 15) is 9.59 Å². The summed E-state index contributed by atoms with van der Waals surface area (Å²) in [6.07, 6.45) is -0.361. The Bertz CT molecular complexity index is 199. The van der Waals surface area contributed by atoms with Gasteiger partial charge in [0.1, 0.15) is 12.2 Å². The number of aliphatic carboxylic acids is 3. The van der Waals surface area contributed by atoms with Crippen molar-refractivity contribution in [3.63, 3.8) is 0 Å². The van der Waals surface area contributed by atoms with Gasteiger partial charge in [-0.3, -0.25) is 19.2 Å². The summed E-state index contributed by atoms with van der Waals surface area (Å²) in [4.78, 5) is 37.5. The van der Waals surface area contributed by atoms with Gasteiger partial charge in [-0.05, 0) is 6.92 Å². The molecule has 3 N–H and O–H groups in total. The lowest BCUT2D eigenvalue weighted by atomic mass is 10.3. The van der Waals surface area contributed by atoms with Gasteiger partial charge in [0.05, 0.1) is 0 Å². The number of carboxylic acids is 3. The van der Waals surface area contributed by atoms with Crippen LogP contribution in [0.1, 0.15) is 27.2 Å². The van der Waals surface area contributed by atoms with Crippen LogP contribution < -0.4 is 0 Å². The molecule has 0 aromatic heterocycles. The standard InChI is InChI=1S/C4H6O3.2C2H4O2/c1-3(5)2-4(6)7;2*1-2(3)4/h2H2,1H3,(H,6,7);2*1H3,(H,3,4). The molecule has 0 atom stereocenters. The Kier molecular flexibility index (Phi) is 15.1. The molecule has 0 heterocycles. The maximum Gasteiger partial charge on any atom is 0.310 e. The van der Waals surface area contributed by atoms with Crippen LogP contribution in [0.15, 0.2) is 0 Å². The molecule has 15 heavy (non-hydrogen) atoms. The Morgan fingerprint density at radius 1 is 0.800 bits per heavy atom. The van der Waals surface area contributed by atoms with E-state index in [2.05, 4.69) is 0 Å². The van der Waals surface area contributed by atoms with Crippen molar-refractivity contribution < 1.29 is 34.5 Å². The van der Waals surface area contributed by atoms with Gasteiger partial charge in [-0.1, -0.05) is 0 Å². The number of hydrogen-bond donors (Lipinski definition) is 3. The van der Waals surface area contributed by atoms with Crippen molar-refractivity contribution in [1.29, 1.82) is 0 Å². The van der Waals surface area contributed by atoms with Crippen molar-refractivity contribution >= 4 is 23.7 Å². The van der Waals surface area contributed by atoms with Gasteiger partial charge in [0.25, 0.3) is 11.9 Å². The van der Waals surface area contributed by atoms with Crippen LogP contribution in [0.25, 0.3) is 0 Å². The maximum absolute atomic E-state index is 9.87. The quantitative estimate of drug-likeness (QED) is 0.570. The molecule has 0 aliphatic carbocycles. The zero-order chi connectivity index (χ0) is 13.0. The highest BCUT2D eigenvalue weighted by Gasteiger charge is 1.98. The van der Waals surface area contributed by atoms with E-state index in [1.165, 1.54) is 6.92 Å². The van der Waals surface area contributed by atoms with Crippen molar-refractivity contribution in [3.8, 4) is 0 Å². The number of carbonyl (C=O) groups is 4. The van der Waals surface area contributed by atoms with Gasteiger partial charge in [-0.25, -0.2) is 0 Å². The Morgan fingerprint density at radius 3 is 1.00 bits per heavy atom. The zero-order valence-electron chi connectivity index (χ0n) is 8.68. The van der Waals surface area contributed by atoms with Crippen molar-refractivity contribution in [3.05, 3.63) is 0 Å². The van der Waals surface area contributed by atoms with Crippen molar-refractivity contribution in [1.82, 2.24) is 0 Å². The van der Waals surface area contributed by atoms with Crippen LogP contribution in [0.3, 0.4) is 0 Å². The van der Waals surface area contributed by atoms with Crippen LogP contribution in [-0.2, 0) is 19.2 Å². The van der Waals surface area contributed by atoms with Crippen LogP contribution in [0.5, 0.6) is 0 Å². The molecule has 88 valence electrons. The van der Waals surface area contributed by atoms with E-state index in [-0.39, 0.29) is 12.2 Å². The smallest absolute Gasteiger partial charge is 0.310 e. The summed E-state index contributed by atoms with van der Waals surface area (Å²) >= 11 is 0. The molecule has 0 spiro atoms. The van der Waals surface area contributed by atoms with Crippen LogP contribution in [-0.4, -0.2) is 39.0 Å². The highest BCUT2D eigenvalue weighted by Crippen LogP contribution is 1.77. The zero-order valence-corrected chi connectivity index (χ0v) is 8.68. The minimum Gasteiger partial charge on any atom is -0.481 e. The van der Waals surface area contributed by atoms with Crippen molar-refractivity contribution in [2.24, 2.45) is 0 Å². The van der Waals surface area contributed by atoms with Crippen LogP contribution in [0.2, 0.25) is 0 Å². The fraction of sp³-hybridized carbons (Fsp3) is 0.500. The molecular formula is C8H14O7. The topological polar surface area (TPSA) is 129 Å². The van der Waals surface area contributed by atoms with E-state index >= 15 is 0 Å². The highest BCUT2D eigenvalue weighted by molar-refractivity contribution is 5.93. The lowest BCUT2D eigenvalue weighted by Gasteiger charge is -1.80. The highest BCUT2D eigenvalue weighted by atomic mass is 16.4. The maximum atomic E-state index is 9.87. The summed E-state index contributed by atoms with van der Waals surface area (Å²) in [6, 6.07) is 0. The van der Waals surface area contributed by atoms with Gasteiger partial charge in [0.15, 0.2) is 0 Å². The summed E-state index contributed by atoms with van der Waals surface area (Å²) in [5, 5.41) is 22.7. The van der Waals surface area contributed by atoms with E-state index < -0.39 is 17.9 Å². The minimum atomic E-state index is -1.06. The Labute approximate surface area is 86.3 Å². The number of Topliss-reactive ketones (excluding diaryl/α,β-unsaturated/α-hetero) is 1. The normalized spacial score (nSPS) is 7.13. The Balaban J connectivity index is -0.000000155. The molecular weight excluding hydrogens is 208 g/mol. The Hall–Kier alpha value is -1.92. The van der Waals surface area contributed by atoms with Crippen molar-refractivity contribution in [2.45, 2.75) is 27.2 Å². The van der Waals surface area contributed by atoms with Crippen LogP contribution in [0, 0.1) is 0 Å². The predicted octanol–water partition coefficient (Wildman–Crippen LogP) is 0.232. The van der Waals surface area contributed by atoms with E-state index in [1.54, 1.807) is 0 Å². The first kappa shape index (κ1) is 18.8. The summed E-state index contributed by atoms with van der Waals surface area (Å²) in [7, 11) is 0. The summed E-state index contributed by atoms with van der Waals surface area (Å²) in [5.74, 6) is -3.04. The average molecular weight is 222 g/mol. The van der Waals surface area contributed by atoms with Gasteiger partial charge in [-0.15, -0.1) is 0 Å². The molecule has 7 heteroatoms. The van der Waals surface area contributed by atoms with E-state index in [1.807, 2.05) is 0 Å². The van der Waals surface area contributed by atoms with Gasteiger partial charge < -0.3 is 15.3 Å². The fourth-order valence-corrected chi connectivity index (χ4v) is 0.213. The molecule has 0 saturated carbocycles. The second-order valence-corrected chi connectivity index (χ2v) is 2.31. The number of hydrogen-bond acceptors (Lipinski definition) is 4. The predicted molar refractivity (Wildman–Crippen MR) is 49.6 cm³/mol. The lowest BCUT2D eigenvalue weighted by Crippen LogP contribution is -2.00. The second-order valence-electron chi connectivity index (χ2n) is 2.31. The van der Waals surface area contributed by atoms with Gasteiger partial charge in [-0.2, -0.15) is 0 Å². The Morgan fingerprint density at radius 2 is 1.00 bits per heavy atom. The summed E-state index contributed by atoms with van der Waals surface area (Å²) in [5.41, 5.74) is 0. The molecule has 0 radical (unpaired) electrons. The summed E-state index contributed by atoms with van der Waals surface area (Å²) < 4.78 is 0. The molecule has 0 rings (SSSR count). The molecule has 0 aromatic carbocycles. The average Bonchev–Trinajstić information content (AvgIpc) is 1.78. The van der Waals surface area contributed by atoms with E-state index in [0.29, 0.717) is 0 Å². The van der Waals surface area contributed by atoms with Crippen molar-refractivity contribution in [2.75, 3.05) is 0 Å². The van der Waals surface area contributed by atoms with Gasteiger partial charge in [0, 0.05) is 13.8 Å². The van der Waals surface area contributed by atoms with Crippen LogP contribution in [0.4, 0.5) is 0 Å². The number of carbonyl (C=O) groups excluding carboxylic acids is 1. The minimum absolute atomic E-state index is 0.312. The molecule has 0 bridgehead atoms. The molecule has 0 aromatic rings. The monoisotopic (exact) mass is 222 g/mol. The second kappa shape index (κ2) is 12.1. The number of ketones is 1. The molecule has 0 aliphatic rings. The number of carboxylic acid groups (broad SMARTS) is 3. The molecule has 0 saturated heterocycles. The third-order valence-electron chi connectivity index (χ3n) is 0.400. The first-order valence-corrected chi connectivity index (χ1v) is 3.69. The third-order valence-corrected chi connectivity index (χ3v) is 0.400. The summed E-state index contributed by atoms with van der Waals surface area (Å²) in [6.45, 7) is 3.41. The SMILES string of the molecule is CC(=O)CC(=O)O.CC(=O)O.CC(=O)O. The third kappa shape index (κ3) is 284. The fourth-order valence-electron chi connectivity index (χ4n) is 0.213. The van der Waals surface area contributed by atoms with Gasteiger partial charge >= 0.3 is 5.97 Å². The molecule has 0 fully saturated rings. The molecule has 7 nitrogen and oxygen atoms in total.